The molecule has 2 rings (SSSR count). The van der Waals surface area contributed by atoms with Gasteiger partial charge in [-0.2, -0.15) is 0 Å². The molecule has 0 saturated carbocycles. The monoisotopic (exact) mass is 287 g/mol. The Morgan fingerprint density at radius 2 is 1.95 bits per heavy atom. The molecule has 0 unspecified atom stereocenters. The fourth-order valence-corrected chi connectivity index (χ4v) is 2.86. The van der Waals surface area contributed by atoms with Gasteiger partial charge in [-0.1, -0.05) is 36.9 Å². The molecule has 0 amide bonds. The zero-order valence-electron chi connectivity index (χ0n) is 12.9. The summed E-state index contributed by atoms with van der Waals surface area (Å²) >= 11 is 0. The molecule has 1 aliphatic rings. The number of carbonyl (C=O) groups is 1. The number of esters is 1. The minimum Gasteiger partial charge on any atom is -0.463 e. The Labute approximate surface area is 127 Å². The number of ether oxygens (including phenoxy) is 1. The summed E-state index contributed by atoms with van der Waals surface area (Å²) in [6, 6.07) is 10.7. The van der Waals surface area contributed by atoms with E-state index in [1.54, 1.807) is 0 Å². The third-order valence-electron chi connectivity index (χ3n) is 4.05. The van der Waals surface area contributed by atoms with E-state index in [1.165, 1.54) is 18.4 Å². The Morgan fingerprint density at radius 1 is 1.29 bits per heavy atom. The summed E-state index contributed by atoms with van der Waals surface area (Å²) in [5.74, 6) is 0.489. The molecule has 0 bridgehead atoms. The first-order chi connectivity index (χ1) is 10.2. The van der Waals surface area contributed by atoms with Crippen LogP contribution in [-0.4, -0.2) is 37.1 Å². The molecule has 1 aromatic carbocycles. The van der Waals surface area contributed by atoms with Crippen LogP contribution in [0.5, 0.6) is 0 Å². The van der Waals surface area contributed by atoms with Gasteiger partial charge in [0, 0.05) is 12.1 Å². The molecule has 0 spiro atoms. The van der Waals surface area contributed by atoms with Crippen LogP contribution in [0.15, 0.2) is 42.5 Å². The standard InChI is InChI=1S/C18H25NO2/c1-3-21-18(20)15(2)14-19-11-9-17(10-12-19)13-16-7-5-4-6-8-16/h4-8,17H,2-3,9-14H2,1H3. The number of carbonyl (C=O) groups excluding carboxylic acids is 1. The van der Waals surface area contributed by atoms with Crippen molar-refractivity contribution in [2.45, 2.75) is 26.2 Å². The van der Waals surface area contributed by atoms with Crippen molar-refractivity contribution >= 4 is 5.97 Å². The zero-order chi connectivity index (χ0) is 15.1. The van der Waals surface area contributed by atoms with Crippen LogP contribution in [0, 0.1) is 5.92 Å². The molecule has 0 aliphatic carbocycles. The van der Waals surface area contributed by atoms with Gasteiger partial charge in [0.15, 0.2) is 0 Å². The largest absolute Gasteiger partial charge is 0.463 e. The SMILES string of the molecule is C=C(CN1CCC(Cc2ccccc2)CC1)C(=O)OCC. The maximum absolute atomic E-state index is 11.6. The quantitative estimate of drug-likeness (QED) is 0.595. The summed E-state index contributed by atoms with van der Waals surface area (Å²) in [5, 5.41) is 0. The van der Waals surface area contributed by atoms with Gasteiger partial charge < -0.3 is 4.74 Å². The number of hydrogen-bond donors (Lipinski definition) is 0. The molecule has 1 heterocycles. The fraction of sp³-hybridized carbons (Fsp3) is 0.500. The van der Waals surface area contributed by atoms with Crippen LogP contribution >= 0.6 is 0 Å². The van der Waals surface area contributed by atoms with Gasteiger partial charge in [-0.25, -0.2) is 4.79 Å². The molecule has 3 heteroatoms. The Hall–Kier alpha value is -1.61. The molecule has 1 aromatic rings. The third-order valence-corrected chi connectivity index (χ3v) is 4.05. The van der Waals surface area contributed by atoms with Gasteiger partial charge in [0.2, 0.25) is 0 Å². The van der Waals surface area contributed by atoms with Crippen LogP contribution < -0.4 is 0 Å². The molecule has 0 atom stereocenters. The number of likely N-dealkylation sites (tertiary alicyclic amines) is 1. The summed E-state index contributed by atoms with van der Waals surface area (Å²) < 4.78 is 4.98. The minimum absolute atomic E-state index is 0.260. The van der Waals surface area contributed by atoms with Crippen molar-refractivity contribution in [2.24, 2.45) is 5.92 Å². The van der Waals surface area contributed by atoms with E-state index in [1.807, 2.05) is 6.92 Å². The molecule has 0 aromatic heterocycles. The van der Waals surface area contributed by atoms with E-state index in [-0.39, 0.29) is 5.97 Å². The Morgan fingerprint density at radius 3 is 2.57 bits per heavy atom. The second kappa shape index (κ2) is 7.99. The van der Waals surface area contributed by atoms with E-state index in [9.17, 15) is 4.79 Å². The zero-order valence-corrected chi connectivity index (χ0v) is 12.9. The van der Waals surface area contributed by atoms with Crippen LogP contribution in [0.1, 0.15) is 25.3 Å². The molecule has 1 saturated heterocycles. The van der Waals surface area contributed by atoms with Crippen LogP contribution in [0.25, 0.3) is 0 Å². The van der Waals surface area contributed by atoms with Crippen molar-refractivity contribution in [3.63, 3.8) is 0 Å². The molecule has 1 fully saturated rings. The first kappa shape index (κ1) is 15.8. The van der Waals surface area contributed by atoms with E-state index >= 15 is 0 Å². The molecule has 21 heavy (non-hydrogen) atoms. The summed E-state index contributed by atoms with van der Waals surface area (Å²) in [5.41, 5.74) is 1.99. The van der Waals surface area contributed by atoms with Crippen LogP contribution in [0.4, 0.5) is 0 Å². The molecule has 114 valence electrons. The van der Waals surface area contributed by atoms with Crippen molar-refractivity contribution in [3.05, 3.63) is 48.0 Å². The Kier molecular flexibility index (Phi) is 6.00. The van der Waals surface area contributed by atoms with Crippen molar-refractivity contribution < 1.29 is 9.53 Å². The highest BCUT2D eigenvalue weighted by Gasteiger charge is 2.21. The van der Waals surface area contributed by atoms with Gasteiger partial charge in [-0.3, -0.25) is 4.90 Å². The normalized spacial score (nSPS) is 16.6. The lowest BCUT2D eigenvalue weighted by Crippen LogP contribution is -2.36. The van der Waals surface area contributed by atoms with Gasteiger partial charge in [-0.05, 0) is 50.8 Å². The molecular formula is C18H25NO2. The first-order valence-corrected chi connectivity index (χ1v) is 7.80. The topological polar surface area (TPSA) is 29.5 Å². The number of benzene rings is 1. The lowest BCUT2D eigenvalue weighted by molar-refractivity contribution is -0.138. The summed E-state index contributed by atoms with van der Waals surface area (Å²) in [7, 11) is 0. The Bertz CT molecular complexity index is 461. The number of hydrogen-bond acceptors (Lipinski definition) is 3. The summed E-state index contributed by atoms with van der Waals surface area (Å²) in [6.45, 7) is 8.78. The minimum atomic E-state index is -0.260. The summed E-state index contributed by atoms with van der Waals surface area (Å²) in [6.07, 6.45) is 3.53. The Balaban J connectivity index is 1.73. The van der Waals surface area contributed by atoms with E-state index in [0.717, 1.165) is 25.4 Å². The second-order valence-electron chi connectivity index (χ2n) is 5.73. The van der Waals surface area contributed by atoms with Gasteiger partial charge in [0.25, 0.3) is 0 Å². The highest BCUT2D eigenvalue weighted by Crippen LogP contribution is 2.22. The molecule has 3 nitrogen and oxygen atoms in total. The fourth-order valence-electron chi connectivity index (χ4n) is 2.86. The van der Waals surface area contributed by atoms with Crippen molar-refractivity contribution in [3.8, 4) is 0 Å². The highest BCUT2D eigenvalue weighted by atomic mass is 16.5. The molecule has 1 aliphatic heterocycles. The number of rotatable bonds is 6. The van der Waals surface area contributed by atoms with E-state index in [2.05, 4.69) is 41.8 Å². The molecule has 0 N–H and O–H groups in total. The maximum Gasteiger partial charge on any atom is 0.334 e. The maximum atomic E-state index is 11.6. The third kappa shape index (κ3) is 5.01. The lowest BCUT2D eigenvalue weighted by atomic mass is 9.90. The van der Waals surface area contributed by atoms with E-state index in [4.69, 9.17) is 4.74 Å². The van der Waals surface area contributed by atoms with Gasteiger partial charge in [0.1, 0.15) is 0 Å². The van der Waals surface area contributed by atoms with E-state index in [0.29, 0.717) is 18.7 Å². The van der Waals surface area contributed by atoms with E-state index < -0.39 is 0 Å². The predicted octanol–water partition coefficient (Wildman–Crippen LogP) is 3.06. The predicted molar refractivity (Wildman–Crippen MR) is 85.1 cm³/mol. The van der Waals surface area contributed by atoms with Crippen molar-refractivity contribution in [1.82, 2.24) is 4.90 Å². The van der Waals surface area contributed by atoms with Crippen LogP contribution in [0.2, 0.25) is 0 Å². The number of piperidine rings is 1. The smallest absolute Gasteiger partial charge is 0.334 e. The summed E-state index contributed by atoms with van der Waals surface area (Å²) in [4.78, 5) is 13.9. The van der Waals surface area contributed by atoms with Crippen LogP contribution in [-0.2, 0) is 16.0 Å². The first-order valence-electron chi connectivity index (χ1n) is 7.80. The average Bonchev–Trinajstić information content (AvgIpc) is 2.50. The molecular weight excluding hydrogens is 262 g/mol. The van der Waals surface area contributed by atoms with Gasteiger partial charge >= 0.3 is 5.97 Å². The highest BCUT2D eigenvalue weighted by molar-refractivity contribution is 5.88. The average molecular weight is 287 g/mol. The van der Waals surface area contributed by atoms with Crippen LogP contribution in [0.3, 0.4) is 0 Å². The second-order valence-corrected chi connectivity index (χ2v) is 5.73. The van der Waals surface area contributed by atoms with Crippen molar-refractivity contribution in [1.29, 1.82) is 0 Å². The lowest BCUT2D eigenvalue weighted by Gasteiger charge is -2.32. The number of nitrogens with zero attached hydrogens (tertiary/aromatic N) is 1. The van der Waals surface area contributed by atoms with Gasteiger partial charge in [-0.15, -0.1) is 0 Å². The van der Waals surface area contributed by atoms with Crippen molar-refractivity contribution in [2.75, 3.05) is 26.2 Å². The molecule has 0 radical (unpaired) electrons. The van der Waals surface area contributed by atoms with Gasteiger partial charge in [0.05, 0.1) is 6.61 Å².